The SMILES string of the molecule is O=C1C(=Cc2ccccc2O)OCc2nc3ccccc3c(-c3ccccc3)c21. The number of hydrogen-bond donors (Lipinski definition) is 1. The highest BCUT2D eigenvalue weighted by Gasteiger charge is 2.30. The molecule has 4 heteroatoms. The first-order chi connectivity index (χ1) is 14.2. The first-order valence-electron chi connectivity index (χ1n) is 9.36. The number of nitrogens with zero attached hydrogens (tertiary/aromatic N) is 1. The minimum atomic E-state index is -0.230. The molecule has 0 amide bonds. The Morgan fingerprint density at radius 2 is 1.59 bits per heavy atom. The third-order valence-corrected chi connectivity index (χ3v) is 5.07. The van der Waals surface area contributed by atoms with Crippen molar-refractivity contribution in [3.8, 4) is 16.9 Å². The maximum Gasteiger partial charge on any atom is 0.230 e. The summed E-state index contributed by atoms with van der Waals surface area (Å²) in [7, 11) is 0. The highest BCUT2D eigenvalue weighted by molar-refractivity contribution is 6.18. The molecule has 0 bridgehead atoms. The number of para-hydroxylation sites is 2. The zero-order valence-electron chi connectivity index (χ0n) is 15.5. The molecule has 0 saturated carbocycles. The van der Waals surface area contributed by atoms with Gasteiger partial charge >= 0.3 is 0 Å². The second kappa shape index (κ2) is 6.91. The number of benzene rings is 3. The van der Waals surface area contributed by atoms with Gasteiger partial charge in [0.1, 0.15) is 12.4 Å². The van der Waals surface area contributed by atoms with Gasteiger partial charge < -0.3 is 9.84 Å². The van der Waals surface area contributed by atoms with Crippen LogP contribution in [-0.2, 0) is 11.3 Å². The quantitative estimate of drug-likeness (QED) is 0.476. The number of fused-ring (bicyclic) bond motifs is 2. The molecule has 5 rings (SSSR count). The van der Waals surface area contributed by atoms with E-state index >= 15 is 0 Å². The molecule has 2 heterocycles. The number of carbonyl (C=O) groups excluding carboxylic acids is 1. The summed E-state index contributed by atoms with van der Waals surface area (Å²) < 4.78 is 5.75. The Kier molecular flexibility index (Phi) is 4.10. The van der Waals surface area contributed by atoms with Crippen molar-refractivity contribution in [2.24, 2.45) is 0 Å². The summed E-state index contributed by atoms with van der Waals surface area (Å²) >= 11 is 0. The van der Waals surface area contributed by atoms with Gasteiger partial charge in [0.2, 0.25) is 5.78 Å². The number of phenols is 1. The van der Waals surface area contributed by atoms with Gasteiger partial charge in [-0.3, -0.25) is 4.79 Å². The van der Waals surface area contributed by atoms with E-state index in [4.69, 9.17) is 4.74 Å². The number of hydrogen-bond acceptors (Lipinski definition) is 4. The summed E-state index contributed by atoms with van der Waals surface area (Å²) in [5.41, 5.74) is 4.37. The summed E-state index contributed by atoms with van der Waals surface area (Å²) in [6.07, 6.45) is 1.59. The molecule has 1 N–H and O–H groups in total. The van der Waals surface area contributed by atoms with Gasteiger partial charge in [0, 0.05) is 16.5 Å². The van der Waals surface area contributed by atoms with Gasteiger partial charge in [-0.25, -0.2) is 4.98 Å². The Labute approximate surface area is 167 Å². The lowest BCUT2D eigenvalue weighted by Gasteiger charge is -2.22. The summed E-state index contributed by atoms with van der Waals surface area (Å²) in [6.45, 7) is 0.200. The molecule has 1 aliphatic rings. The summed E-state index contributed by atoms with van der Waals surface area (Å²) in [4.78, 5) is 18.1. The summed E-state index contributed by atoms with van der Waals surface area (Å²) in [5.74, 6) is 0.0713. The number of aromatic nitrogens is 1. The minimum absolute atomic E-state index is 0.0992. The minimum Gasteiger partial charge on any atom is -0.507 e. The monoisotopic (exact) mass is 379 g/mol. The lowest BCUT2D eigenvalue weighted by atomic mass is 9.90. The number of rotatable bonds is 2. The maximum atomic E-state index is 13.5. The zero-order valence-corrected chi connectivity index (χ0v) is 15.5. The van der Waals surface area contributed by atoms with Gasteiger partial charge in [-0.15, -0.1) is 0 Å². The van der Waals surface area contributed by atoms with E-state index < -0.39 is 0 Å². The van der Waals surface area contributed by atoms with Crippen LogP contribution in [0.15, 0.2) is 84.6 Å². The van der Waals surface area contributed by atoms with E-state index in [-0.39, 0.29) is 23.9 Å². The largest absolute Gasteiger partial charge is 0.507 e. The fourth-order valence-corrected chi connectivity index (χ4v) is 3.71. The van der Waals surface area contributed by atoms with Crippen LogP contribution in [0.1, 0.15) is 21.6 Å². The van der Waals surface area contributed by atoms with Crippen molar-refractivity contribution in [3.05, 3.63) is 101 Å². The van der Waals surface area contributed by atoms with Crippen LogP contribution in [0.5, 0.6) is 5.75 Å². The Bertz CT molecular complexity index is 1280. The van der Waals surface area contributed by atoms with Crippen molar-refractivity contribution >= 4 is 22.8 Å². The normalized spacial score (nSPS) is 14.6. The number of ether oxygens (including phenoxy) is 1. The lowest BCUT2D eigenvalue weighted by molar-refractivity contribution is 0.0867. The topological polar surface area (TPSA) is 59.4 Å². The van der Waals surface area contributed by atoms with Crippen LogP contribution in [0.2, 0.25) is 0 Å². The molecule has 1 aromatic heterocycles. The van der Waals surface area contributed by atoms with E-state index in [0.717, 1.165) is 22.0 Å². The number of Topliss-reactive ketones (excluding diaryl/α,β-unsaturated/α-hetero) is 1. The number of ketones is 1. The highest BCUT2D eigenvalue weighted by atomic mass is 16.5. The van der Waals surface area contributed by atoms with Gasteiger partial charge in [-0.1, -0.05) is 66.7 Å². The molecule has 0 radical (unpaired) electrons. The molecule has 0 unspecified atom stereocenters. The second-order valence-electron chi connectivity index (χ2n) is 6.88. The van der Waals surface area contributed by atoms with Crippen molar-refractivity contribution in [2.45, 2.75) is 6.61 Å². The lowest BCUT2D eigenvalue weighted by Crippen LogP contribution is -2.19. The van der Waals surface area contributed by atoms with Crippen LogP contribution in [-0.4, -0.2) is 15.9 Å². The van der Waals surface area contributed by atoms with E-state index in [1.54, 1.807) is 30.3 Å². The van der Waals surface area contributed by atoms with Crippen LogP contribution >= 0.6 is 0 Å². The molecule has 140 valence electrons. The van der Waals surface area contributed by atoms with Gasteiger partial charge in [0.05, 0.1) is 16.8 Å². The van der Waals surface area contributed by atoms with Crippen LogP contribution < -0.4 is 0 Å². The van der Waals surface area contributed by atoms with Gasteiger partial charge in [0.25, 0.3) is 0 Å². The Morgan fingerprint density at radius 3 is 2.41 bits per heavy atom. The fourth-order valence-electron chi connectivity index (χ4n) is 3.71. The van der Waals surface area contributed by atoms with Crippen molar-refractivity contribution in [1.29, 1.82) is 0 Å². The van der Waals surface area contributed by atoms with Crippen LogP contribution in [0.4, 0.5) is 0 Å². The van der Waals surface area contributed by atoms with E-state index in [2.05, 4.69) is 4.98 Å². The van der Waals surface area contributed by atoms with Gasteiger partial charge in [0.15, 0.2) is 5.76 Å². The van der Waals surface area contributed by atoms with E-state index in [1.807, 2.05) is 54.6 Å². The molecule has 0 saturated heterocycles. The van der Waals surface area contributed by atoms with E-state index in [9.17, 15) is 9.90 Å². The summed E-state index contributed by atoms with van der Waals surface area (Å²) in [5, 5.41) is 11.0. The van der Waals surface area contributed by atoms with Crippen molar-refractivity contribution < 1.29 is 14.6 Å². The fraction of sp³-hybridized carbons (Fsp3) is 0.0400. The Morgan fingerprint density at radius 1 is 0.862 bits per heavy atom. The number of carbonyl (C=O) groups is 1. The number of pyridine rings is 1. The molecular formula is C25H17NO3. The molecule has 29 heavy (non-hydrogen) atoms. The van der Waals surface area contributed by atoms with Crippen molar-refractivity contribution in [2.75, 3.05) is 0 Å². The predicted octanol–water partition coefficient (Wildman–Crippen LogP) is 5.36. The molecule has 0 fully saturated rings. The van der Waals surface area contributed by atoms with E-state index in [1.165, 1.54) is 0 Å². The number of allylic oxidation sites excluding steroid dienone is 1. The molecule has 0 aliphatic carbocycles. The average Bonchev–Trinajstić information content (AvgIpc) is 2.76. The van der Waals surface area contributed by atoms with Crippen molar-refractivity contribution in [1.82, 2.24) is 4.98 Å². The van der Waals surface area contributed by atoms with Gasteiger partial charge in [-0.2, -0.15) is 0 Å². The average molecular weight is 379 g/mol. The van der Waals surface area contributed by atoms with Crippen LogP contribution in [0.3, 0.4) is 0 Å². The standard InChI is InChI=1S/C25H17NO3/c27-21-13-7-4-10-17(21)14-22-25(28)24-20(15-29-22)26-19-12-6-5-11-18(19)23(24)16-8-2-1-3-9-16/h1-14,27H,15H2. The molecule has 0 atom stereocenters. The first-order valence-corrected chi connectivity index (χ1v) is 9.36. The molecule has 3 aromatic carbocycles. The maximum absolute atomic E-state index is 13.5. The molecule has 4 aromatic rings. The number of phenolic OH excluding ortho intramolecular Hbond substituents is 1. The second-order valence-corrected chi connectivity index (χ2v) is 6.88. The van der Waals surface area contributed by atoms with Crippen LogP contribution in [0, 0.1) is 0 Å². The number of aromatic hydroxyl groups is 1. The first kappa shape index (κ1) is 17.2. The Hall–Kier alpha value is -3.92. The molecule has 0 spiro atoms. The highest BCUT2D eigenvalue weighted by Crippen LogP contribution is 2.37. The smallest absolute Gasteiger partial charge is 0.230 e. The van der Waals surface area contributed by atoms with Crippen LogP contribution in [0.25, 0.3) is 28.1 Å². The molecular weight excluding hydrogens is 362 g/mol. The van der Waals surface area contributed by atoms with Gasteiger partial charge in [-0.05, 0) is 23.8 Å². The third-order valence-electron chi connectivity index (χ3n) is 5.07. The van der Waals surface area contributed by atoms with E-state index in [0.29, 0.717) is 16.8 Å². The predicted molar refractivity (Wildman–Crippen MR) is 112 cm³/mol. The third kappa shape index (κ3) is 2.95. The summed E-state index contributed by atoms with van der Waals surface area (Å²) in [6, 6.07) is 24.5. The molecule has 4 nitrogen and oxygen atoms in total. The van der Waals surface area contributed by atoms with Crippen molar-refractivity contribution in [3.63, 3.8) is 0 Å². The Balaban J connectivity index is 1.75. The molecule has 1 aliphatic heterocycles. The zero-order chi connectivity index (χ0) is 19.8.